The first-order valence-electron chi connectivity index (χ1n) is 12.4. The average Bonchev–Trinajstić information content (AvgIpc) is 2.84. The molecule has 10 unspecified atom stereocenters. The van der Waals surface area contributed by atoms with Crippen molar-refractivity contribution in [3.63, 3.8) is 0 Å². The zero-order valence-electron chi connectivity index (χ0n) is 19.3. The number of carbonyl (C=O) groups is 4. The van der Waals surface area contributed by atoms with E-state index in [1.165, 1.54) is 18.4 Å². The molecule has 10 atom stereocenters. The van der Waals surface area contributed by atoms with Gasteiger partial charge in [0.05, 0.1) is 30.7 Å². The van der Waals surface area contributed by atoms with Crippen LogP contribution >= 0.6 is 0 Å². The van der Waals surface area contributed by atoms with Crippen molar-refractivity contribution in [2.24, 2.45) is 23.7 Å². The largest absolute Gasteiger partial charge is 0.462 e. The van der Waals surface area contributed by atoms with Gasteiger partial charge < -0.3 is 14.4 Å². The number of halogens is 2. The van der Waals surface area contributed by atoms with Crippen molar-refractivity contribution < 1.29 is 37.4 Å². The molecular formula is C26H27F2NO6. The van der Waals surface area contributed by atoms with E-state index in [0.29, 0.717) is 24.8 Å². The molecule has 1 saturated heterocycles. The highest BCUT2D eigenvalue weighted by Crippen LogP contribution is 2.51. The first kappa shape index (κ1) is 22.8. The van der Waals surface area contributed by atoms with Gasteiger partial charge in [0.25, 0.3) is 0 Å². The highest BCUT2D eigenvalue weighted by molar-refractivity contribution is 6.19. The van der Waals surface area contributed by atoms with E-state index in [2.05, 4.69) is 0 Å². The van der Waals surface area contributed by atoms with E-state index in [-0.39, 0.29) is 48.0 Å². The van der Waals surface area contributed by atoms with Crippen molar-refractivity contribution in [3.05, 3.63) is 35.6 Å². The third kappa shape index (κ3) is 3.37. The lowest BCUT2D eigenvalue weighted by molar-refractivity contribution is -0.217. The second-order valence-corrected chi connectivity index (χ2v) is 10.5. The van der Waals surface area contributed by atoms with Gasteiger partial charge in [-0.25, -0.2) is 13.6 Å². The lowest BCUT2D eigenvalue weighted by atomic mass is 9.62. The second-order valence-electron chi connectivity index (χ2n) is 10.5. The van der Waals surface area contributed by atoms with Gasteiger partial charge in [0.15, 0.2) is 23.5 Å². The molecule has 186 valence electrons. The van der Waals surface area contributed by atoms with Gasteiger partial charge >= 0.3 is 5.97 Å². The molecule has 35 heavy (non-hydrogen) atoms. The molecule has 0 aromatic rings. The van der Waals surface area contributed by atoms with E-state index in [1.807, 2.05) is 11.0 Å². The molecule has 6 aliphatic rings. The summed E-state index contributed by atoms with van der Waals surface area (Å²) in [6.07, 6.45) is 2.00. The predicted octanol–water partition coefficient (Wildman–Crippen LogP) is 2.20. The first-order chi connectivity index (χ1) is 16.8. The lowest BCUT2D eigenvalue weighted by Crippen LogP contribution is -2.70. The van der Waals surface area contributed by atoms with Crippen molar-refractivity contribution >= 4 is 23.3 Å². The van der Waals surface area contributed by atoms with Gasteiger partial charge in [-0.15, -0.1) is 0 Å². The quantitative estimate of drug-likeness (QED) is 0.436. The SMILES string of the molecule is CCOC(=O)C1=CN2C3CC4C=C5C(=O)C=CC(=O)C5CC4CC3OC3C(F)C(F)CC(C1=O)C32. The molecule has 2 heterocycles. The number of rotatable bonds is 2. The number of alkyl halides is 2. The number of carbonyl (C=O) groups excluding carboxylic acids is 4. The van der Waals surface area contributed by atoms with Gasteiger partial charge in [0, 0.05) is 17.7 Å². The Morgan fingerprint density at radius 2 is 1.94 bits per heavy atom. The summed E-state index contributed by atoms with van der Waals surface area (Å²) in [6.45, 7) is 1.73. The first-order valence-corrected chi connectivity index (χ1v) is 12.4. The zero-order chi connectivity index (χ0) is 24.6. The topological polar surface area (TPSA) is 90.0 Å². The Kier molecular flexibility index (Phi) is 5.32. The van der Waals surface area contributed by atoms with E-state index < -0.39 is 54.2 Å². The minimum absolute atomic E-state index is 0.000101. The maximum atomic E-state index is 15.1. The fourth-order valence-electron chi connectivity index (χ4n) is 7.17. The van der Waals surface area contributed by atoms with Gasteiger partial charge in [0.1, 0.15) is 17.8 Å². The number of esters is 1. The van der Waals surface area contributed by atoms with Gasteiger partial charge in [0.2, 0.25) is 0 Å². The van der Waals surface area contributed by atoms with Crippen molar-refractivity contribution in [2.45, 2.75) is 69.2 Å². The molecule has 0 spiro atoms. The Balaban J connectivity index is 1.38. The standard InChI is InChI=1S/C26H27F2NO6/c1-2-34-26(33)16-10-29-18-7-11-5-13-14(20(31)4-3-19(13)30)6-12(11)8-21(18)35-25-22(28)17(27)9-15(23(25)29)24(16)32/h3-5,10-12,14-15,17-18,21-23,25H,2,6-9H2,1H3. The summed E-state index contributed by atoms with van der Waals surface area (Å²) in [5, 5.41) is 0. The minimum atomic E-state index is -1.87. The molecule has 6 rings (SSSR count). The summed E-state index contributed by atoms with van der Waals surface area (Å²) in [6, 6.07) is -0.982. The molecule has 7 nitrogen and oxygen atoms in total. The maximum Gasteiger partial charge on any atom is 0.343 e. The molecule has 2 saturated carbocycles. The third-order valence-corrected chi connectivity index (χ3v) is 8.74. The van der Waals surface area contributed by atoms with Crippen LogP contribution < -0.4 is 0 Å². The van der Waals surface area contributed by atoms with E-state index in [4.69, 9.17) is 9.47 Å². The molecule has 4 aliphatic carbocycles. The molecule has 0 aromatic carbocycles. The van der Waals surface area contributed by atoms with Crippen LogP contribution in [0.3, 0.4) is 0 Å². The number of hydrogen-bond acceptors (Lipinski definition) is 7. The van der Waals surface area contributed by atoms with Crippen LogP contribution in [-0.2, 0) is 28.7 Å². The Morgan fingerprint density at radius 1 is 1.14 bits per heavy atom. The van der Waals surface area contributed by atoms with Crippen LogP contribution in [0.15, 0.2) is 35.6 Å². The summed E-state index contributed by atoms with van der Waals surface area (Å²) in [7, 11) is 0. The molecular weight excluding hydrogens is 460 g/mol. The molecule has 0 N–H and O–H groups in total. The molecule has 3 fully saturated rings. The van der Waals surface area contributed by atoms with Crippen molar-refractivity contribution in [1.82, 2.24) is 4.90 Å². The second kappa shape index (κ2) is 8.18. The number of Topliss-reactive ketones (excluding diaryl/α,β-unsaturated/α-hetero) is 1. The van der Waals surface area contributed by atoms with Gasteiger partial charge in [-0.2, -0.15) is 0 Å². The summed E-state index contributed by atoms with van der Waals surface area (Å²) < 4.78 is 41.1. The highest BCUT2D eigenvalue weighted by atomic mass is 19.2. The Bertz CT molecular complexity index is 1100. The van der Waals surface area contributed by atoms with E-state index in [0.717, 1.165) is 0 Å². The number of fused-ring (bicyclic) bond motifs is 4. The fourth-order valence-corrected chi connectivity index (χ4v) is 7.17. The smallest absolute Gasteiger partial charge is 0.343 e. The summed E-state index contributed by atoms with van der Waals surface area (Å²) in [5.41, 5.74) is 0.391. The number of allylic oxidation sites excluding steroid dienone is 4. The van der Waals surface area contributed by atoms with Crippen LogP contribution in [0.25, 0.3) is 0 Å². The fraction of sp³-hybridized carbons (Fsp3) is 0.615. The maximum absolute atomic E-state index is 15.1. The van der Waals surface area contributed by atoms with Crippen molar-refractivity contribution in [3.8, 4) is 0 Å². The van der Waals surface area contributed by atoms with Crippen molar-refractivity contribution in [2.75, 3.05) is 6.61 Å². The van der Waals surface area contributed by atoms with Crippen LogP contribution in [0.2, 0.25) is 0 Å². The molecule has 0 amide bonds. The third-order valence-electron chi connectivity index (χ3n) is 8.74. The number of hydrogen-bond donors (Lipinski definition) is 0. The summed E-state index contributed by atoms with van der Waals surface area (Å²) in [4.78, 5) is 52.5. The van der Waals surface area contributed by atoms with E-state index >= 15 is 4.39 Å². The Morgan fingerprint density at radius 3 is 2.71 bits per heavy atom. The Labute approximate surface area is 201 Å². The van der Waals surface area contributed by atoms with Crippen LogP contribution in [0.4, 0.5) is 8.78 Å². The van der Waals surface area contributed by atoms with Crippen LogP contribution in [0.5, 0.6) is 0 Å². The molecule has 9 heteroatoms. The number of nitrogens with zero attached hydrogens (tertiary/aromatic N) is 1. The average molecular weight is 487 g/mol. The van der Waals surface area contributed by atoms with E-state index in [9.17, 15) is 23.6 Å². The molecule has 0 aromatic heterocycles. The van der Waals surface area contributed by atoms with Gasteiger partial charge in [-0.3, -0.25) is 14.4 Å². The predicted molar refractivity (Wildman–Crippen MR) is 117 cm³/mol. The lowest BCUT2D eigenvalue weighted by Gasteiger charge is -2.59. The van der Waals surface area contributed by atoms with E-state index in [1.54, 1.807) is 6.92 Å². The number of morpholine rings is 1. The van der Waals surface area contributed by atoms with Crippen molar-refractivity contribution in [1.29, 1.82) is 0 Å². The number of ether oxygens (including phenoxy) is 2. The highest BCUT2D eigenvalue weighted by Gasteiger charge is 2.60. The Hall–Kier alpha value is -2.68. The summed E-state index contributed by atoms with van der Waals surface area (Å²) >= 11 is 0. The minimum Gasteiger partial charge on any atom is -0.462 e. The monoisotopic (exact) mass is 487 g/mol. The summed E-state index contributed by atoms with van der Waals surface area (Å²) in [5.74, 6) is -2.83. The van der Waals surface area contributed by atoms with Gasteiger partial charge in [-0.1, -0.05) is 6.08 Å². The van der Waals surface area contributed by atoms with Crippen LogP contribution in [-0.4, -0.2) is 71.5 Å². The van der Waals surface area contributed by atoms with Gasteiger partial charge in [-0.05, 0) is 56.6 Å². The molecule has 0 bridgehead atoms. The van der Waals surface area contributed by atoms with Crippen LogP contribution in [0.1, 0.15) is 32.6 Å². The zero-order valence-corrected chi connectivity index (χ0v) is 19.3. The molecule has 0 radical (unpaired) electrons. The number of ketones is 3. The van der Waals surface area contributed by atoms with Crippen LogP contribution in [0, 0.1) is 23.7 Å². The molecule has 2 aliphatic heterocycles. The normalized spacial score (nSPS) is 43.9.